The Labute approximate surface area is 500 Å². The Bertz CT molecular complexity index is 3420. The van der Waals surface area contributed by atoms with E-state index in [-0.39, 0.29) is 66.3 Å². The highest BCUT2D eigenvalue weighted by Crippen LogP contribution is 2.64. The van der Waals surface area contributed by atoms with Gasteiger partial charge in [0, 0.05) is 103 Å². The van der Waals surface area contributed by atoms with Crippen LogP contribution in [-0.4, -0.2) is 102 Å². The van der Waals surface area contributed by atoms with Gasteiger partial charge in [0.05, 0.1) is 35.7 Å². The van der Waals surface area contributed by atoms with E-state index in [0.717, 1.165) is 102 Å². The van der Waals surface area contributed by atoms with Crippen molar-refractivity contribution in [2.24, 2.45) is 29.4 Å². The minimum atomic E-state index is -0.855. The lowest BCUT2D eigenvalue weighted by atomic mass is 9.65. The van der Waals surface area contributed by atoms with Crippen LogP contribution in [0.4, 0.5) is 0 Å². The zero-order valence-electron chi connectivity index (χ0n) is 47.8. The minimum Gasteiger partial charge on any atom is -0.508 e. The quantitative estimate of drug-likeness (QED) is 0.0340. The Morgan fingerprint density at radius 1 is 0.964 bits per heavy atom. The summed E-state index contributed by atoms with van der Waals surface area (Å²) in [6.45, 7) is 1.67. The molecule has 4 aromatic rings. The first-order valence-corrected chi connectivity index (χ1v) is 32.5. The Morgan fingerprint density at radius 2 is 1.85 bits per heavy atom. The van der Waals surface area contributed by atoms with Crippen molar-refractivity contribution in [3.8, 4) is 63.6 Å². The smallest absolute Gasteiger partial charge is 0.302 e. The molecule has 2 saturated carbocycles. The first kappa shape index (κ1) is 57.0. The third-order valence-electron chi connectivity index (χ3n) is 19.3. The summed E-state index contributed by atoms with van der Waals surface area (Å²) in [5.41, 5.74) is 16.3. The molecule has 0 radical (unpaired) electrons. The molecule has 1 spiro atoms. The molecule has 3 aliphatic carbocycles. The number of hydrogen-bond acceptors (Lipinski definition) is 16. The van der Waals surface area contributed by atoms with Crippen LogP contribution in [0, 0.1) is 47.4 Å². The maximum atomic E-state index is 13.6. The van der Waals surface area contributed by atoms with Gasteiger partial charge in [-0.05, 0) is 121 Å². The number of phenols is 2. The summed E-state index contributed by atoms with van der Waals surface area (Å²) >= 11 is 0. The summed E-state index contributed by atoms with van der Waals surface area (Å²) in [7, 11) is 5.49. The highest BCUT2D eigenvalue weighted by Gasteiger charge is 2.52. The summed E-state index contributed by atoms with van der Waals surface area (Å²) in [4.78, 5) is 13.3. The van der Waals surface area contributed by atoms with Crippen LogP contribution in [0.15, 0.2) is 84.1 Å². The summed E-state index contributed by atoms with van der Waals surface area (Å²) in [5, 5.41) is 57.5. The predicted octanol–water partition coefficient (Wildman–Crippen LogP) is 9.32. The molecule has 6 bridgehead atoms. The standard InChI is InChI=1S/C68H76N4O10S2/c1-38(75)79-35-53-49-16-17-50-59-45(27-48(76)28-56(59)80-37-74)30-68-23-22-40(29-68)24-43-15-21-58(69)72-54(43)19-14-42-11-7-12-44(34-78-2)46(33-73)31-70-32-52-60(42)61(64(53)81-65(49)62(50)68)51-18-20-55-67(82-66(51)63(52)77)57(26-39-8-4-3-5-9-39)84-83-36-41-10-6-13-47(25-41)71-55/h3-5,8-9,15-18,20-21,27-28,40-42,44,46-47,53,55,57-58,64,67,70-74,76-77H,6,10,12-13,22-26,29-37,69H2,1-2H3/t40-,41-,42+,44+,46+,47-,53+,55+,57-,58?,64+,67+,68-/m1/s1. The number of aliphatic hydroxyl groups excluding tert-OH is 2. The van der Waals surface area contributed by atoms with Crippen molar-refractivity contribution in [1.29, 1.82) is 0 Å². The van der Waals surface area contributed by atoms with Crippen LogP contribution in [0.25, 0.3) is 17.2 Å². The molecular weight excluding hydrogens is 1100 g/mol. The fourth-order valence-electron chi connectivity index (χ4n) is 15.5. The number of hydrogen-bond donors (Lipinski definition) is 8. The van der Waals surface area contributed by atoms with Crippen molar-refractivity contribution in [1.82, 2.24) is 16.0 Å². The fraction of sp³-hybridized carbons (Fsp3) is 0.485. The molecule has 6 aliphatic heterocycles. The molecule has 9 aliphatic rings. The number of dihydropyridines is 1. The van der Waals surface area contributed by atoms with Crippen molar-refractivity contribution in [2.45, 2.75) is 137 Å². The van der Waals surface area contributed by atoms with Gasteiger partial charge >= 0.3 is 5.97 Å². The van der Waals surface area contributed by atoms with Crippen LogP contribution in [0.3, 0.4) is 0 Å². The fourth-order valence-corrected chi connectivity index (χ4v) is 18.7. The number of fused-ring (bicyclic) bond motifs is 10. The van der Waals surface area contributed by atoms with E-state index in [2.05, 4.69) is 100 Å². The van der Waals surface area contributed by atoms with Crippen molar-refractivity contribution in [3.05, 3.63) is 129 Å². The second kappa shape index (κ2) is 24.4. The monoisotopic (exact) mass is 1170 g/mol. The van der Waals surface area contributed by atoms with Gasteiger partial charge in [-0.25, -0.2) is 0 Å². The van der Waals surface area contributed by atoms with Crippen LogP contribution in [0.5, 0.6) is 28.7 Å². The second-order valence-corrected chi connectivity index (χ2v) is 27.3. The van der Waals surface area contributed by atoms with Gasteiger partial charge in [-0.2, -0.15) is 0 Å². The van der Waals surface area contributed by atoms with Crippen molar-refractivity contribution >= 4 is 33.6 Å². The van der Waals surface area contributed by atoms with Gasteiger partial charge in [0.15, 0.2) is 18.3 Å². The van der Waals surface area contributed by atoms with E-state index < -0.39 is 48.4 Å². The molecule has 14 nitrogen and oxygen atoms in total. The number of ether oxygens (including phenoxy) is 5. The zero-order chi connectivity index (χ0) is 57.6. The molecule has 1 unspecified atom stereocenters. The number of esters is 1. The predicted molar refractivity (Wildman–Crippen MR) is 327 cm³/mol. The minimum absolute atomic E-state index is 0.0233. The third-order valence-corrected chi connectivity index (χ3v) is 22.3. The van der Waals surface area contributed by atoms with E-state index in [1.807, 2.05) is 33.7 Å². The number of carbonyl (C=O) groups is 1. The number of methoxy groups -OCH3 is 1. The molecule has 9 N–H and O–H groups in total. The van der Waals surface area contributed by atoms with Crippen LogP contribution < -0.4 is 35.9 Å². The Kier molecular flexibility index (Phi) is 16.6. The number of benzene rings is 4. The van der Waals surface area contributed by atoms with Gasteiger partial charge in [0.1, 0.15) is 42.0 Å². The van der Waals surface area contributed by atoms with Gasteiger partial charge < -0.3 is 65.8 Å². The van der Waals surface area contributed by atoms with Gasteiger partial charge in [-0.1, -0.05) is 101 Å². The van der Waals surface area contributed by atoms with E-state index in [4.69, 9.17) is 29.4 Å². The number of aliphatic hydroxyl groups is 2. The van der Waals surface area contributed by atoms with Crippen molar-refractivity contribution in [3.63, 3.8) is 0 Å². The molecule has 84 heavy (non-hydrogen) atoms. The molecule has 1 saturated heterocycles. The lowest BCUT2D eigenvalue weighted by molar-refractivity contribution is -0.141. The van der Waals surface area contributed by atoms with E-state index in [1.165, 1.54) is 18.9 Å². The summed E-state index contributed by atoms with van der Waals surface area (Å²) in [5.74, 6) is 15.7. The SMILES string of the molecule is COC[C@@H]1CC#C[C@H]2C#CC3=C(C=CC(N)N3)C[C@H]3CC[C@]4(Cc5cc(O)cc(OCO)c5-c5ccc6c(c54)O[C@H](c4c5c(c(O)c(c42)CNC[C@H]1CO)O[C@H]1[C@H](C=C5)N[C@@H]2CCC[C@@H](CSS[C@@H]1Cc1ccccc1)C2)[C@H]6COC(C)=O)C3. The molecule has 6 heterocycles. The number of rotatable bonds is 9. The number of nitrogens with two attached hydrogens (primary N) is 1. The van der Waals surface area contributed by atoms with Gasteiger partial charge in [0.25, 0.3) is 0 Å². The van der Waals surface area contributed by atoms with Gasteiger partial charge in [-0.15, -0.1) is 5.92 Å². The normalized spacial score (nSPS) is 30.7. The maximum absolute atomic E-state index is 13.6. The Morgan fingerprint density at radius 3 is 2.68 bits per heavy atom. The highest BCUT2D eigenvalue weighted by molar-refractivity contribution is 8.77. The van der Waals surface area contributed by atoms with E-state index in [0.29, 0.717) is 65.9 Å². The first-order valence-electron chi connectivity index (χ1n) is 30.2. The average molecular weight is 1170 g/mol. The van der Waals surface area contributed by atoms with Gasteiger partial charge in [-0.3, -0.25) is 4.79 Å². The van der Waals surface area contributed by atoms with E-state index in [9.17, 15) is 25.2 Å². The first-order chi connectivity index (χ1) is 41.0. The van der Waals surface area contributed by atoms with Crippen LogP contribution in [0.1, 0.15) is 127 Å². The molecule has 4 aromatic carbocycles. The van der Waals surface area contributed by atoms with Gasteiger partial charge in [0.2, 0.25) is 0 Å². The Balaban J connectivity index is 1.10. The maximum Gasteiger partial charge on any atom is 0.302 e. The topological polar surface area (TPSA) is 206 Å². The summed E-state index contributed by atoms with van der Waals surface area (Å²) < 4.78 is 33.6. The zero-order valence-corrected chi connectivity index (χ0v) is 49.4. The molecule has 16 heteroatoms. The summed E-state index contributed by atoms with van der Waals surface area (Å²) in [6.07, 6.45) is 16.1. The average Bonchev–Trinajstić information content (AvgIpc) is 1.52. The highest BCUT2D eigenvalue weighted by atomic mass is 33.1. The molecule has 13 atom stereocenters. The van der Waals surface area contributed by atoms with Crippen LogP contribution in [0.2, 0.25) is 0 Å². The number of nitrogens with one attached hydrogen (secondary N) is 3. The molecule has 0 amide bonds. The summed E-state index contributed by atoms with van der Waals surface area (Å²) in [6, 6.07) is 18.2. The van der Waals surface area contributed by atoms with E-state index >= 15 is 0 Å². The molecular formula is C68H76N4O10S2. The van der Waals surface area contributed by atoms with Crippen LogP contribution in [-0.2, 0) is 39.1 Å². The van der Waals surface area contributed by atoms with Crippen LogP contribution >= 0.6 is 21.6 Å². The molecule has 0 aromatic heterocycles. The largest absolute Gasteiger partial charge is 0.508 e. The number of aromatic hydroxyl groups is 2. The Hall–Kier alpha value is -6.05. The van der Waals surface area contributed by atoms with Crippen molar-refractivity contribution in [2.75, 3.05) is 46.0 Å². The van der Waals surface area contributed by atoms with Crippen molar-refractivity contribution < 1.29 is 48.9 Å². The third kappa shape index (κ3) is 11.0. The molecule has 440 valence electrons. The lowest BCUT2D eigenvalue weighted by Crippen LogP contribution is -2.52. The number of phenolic OH excluding ortho intramolecular Hbond substituents is 2. The number of allylic oxidation sites excluding steroid dienone is 3. The molecule has 3 fully saturated rings. The second-order valence-electron chi connectivity index (χ2n) is 24.7. The van der Waals surface area contributed by atoms with E-state index in [1.54, 1.807) is 13.2 Å². The number of carbonyl (C=O) groups excluding carboxylic acids is 1. The molecule has 13 rings (SSSR count). The lowest BCUT2D eigenvalue weighted by Gasteiger charge is -2.39.